The molecule has 3 unspecified atom stereocenters. The summed E-state index contributed by atoms with van der Waals surface area (Å²) in [5.41, 5.74) is 4.44. The van der Waals surface area contributed by atoms with Gasteiger partial charge in [-0.05, 0) is 89.4 Å². The summed E-state index contributed by atoms with van der Waals surface area (Å²) >= 11 is 1.57. The van der Waals surface area contributed by atoms with E-state index in [4.69, 9.17) is 23.7 Å². The van der Waals surface area contributed by atoms with Gasteiger partial charge in [0, 0.05) is 32.5 Å². The predicted octanol–water partition coefficient (Wildman–Crippen LogP) is 4.11. The van der Waals surface area contributed by atoms with Crippen LogP contribution in [0.3, 0.4) is 0 Å². The Morgan fingerprint density at radius 2 is 1.55 bits per heavy atom. The summed E-state index contributed by atoms with van der Waals surface area (Å²) in [5, 5.41) is 9.01. The third kappa shape index (κ3) is 7.97. The molecular weight excluding hydrogens is 701 g/mol. The number of amides is 3. The number of carbonyl (C=O) groups is 3. The molecule has 2 aliphatic rings. The molecule has 1 aliphatic heterocycles. The van der Waals surface area contributed by atoms with E-state index in [1.165, 1.54) is 20.1 Å². The fourth-order valence-corrected chi connectivity index (χ4v) is 7.72. The molecule has 3 aromatic carbocycles. The number of nitrogens with one attached hydrogen (secondary N) is 3. The van der Waals surface area contributed by atoms with Crippen molar-refractivity contribution >= 4 is 35.2 Å². The van der Waals surface area contributed by atoms with Gasteiger partial charge < -0.3 is 44.5 Å². The molecule has 1 aliphatic carbocycles. The number of anilines is 1. The molecule has 5 rings (SSSR count). The van der Waals surface area contributed by atoms with Gasteiger partial charge in [0.2, 0.25) is 28.9 Å². The van der Waals surface area contributed by atoms with Crippen molar-refractivity contribution in [2.45, 2.75) is 57.3 Å². The number of ether oxygens (including phenoxy) is 5. The topological polar surface area (TPSA) is 154 Å². The number of hydrogen-bond donors (Lipinski definition) is 3. The Balaban J connectivity index is 1.61. The second-order valence-electron chi connectivity index (χ2n) is 12.9. The molecule has 0 saturated heterocycles. The third-order valence-electron chi connectivity index (χ3n) is 9.82. The highest BCUT2D eigenvalue weighted by molar-refractivity contribution is 7.98. The molecule has 0 saturated carbocycles. The summed E-state index contributed by atoms with van der Waals surface area (Å²) < 4.78 is 28.3. The van der Waals surface area contributed by atoms with E-state index >= 15 is 0 Å². The van der Waals surface area contributed by atoms with Crippen molar-refractivity contribution in [3.8, 4) is 39.9 Å². The quantitative estimate of drug-likeness (QED) is 0.232. The number of hydrogen-bond acceptors (Lipinski definition) is 11. The SMILES string of the molecule is CNC(=O)C1Cc2cc(OC)c(OC)cc2CN1C(=O)C(CCSC)Nc1ccc2c(cc1=O)C(NC(C)=O)CCc1cc(OC)c(OC)c(OC)c1-2. The number of methoxy groups -OCH3 is 5. The first-order valence-electron chi connectivity index (χ1n) is 17.3. The minimum atomic E-state index is -0.844. The van der Waals surface area contributed by atoms with Gasteiger partial charge in [-0.1, -0.05) is 6.07 Å². The average Bonchev–Trinajstić information content (AvgIpc) is 3.41. The van der Waals surface area contributed by atoms with Crippen LogP contribution in [0.4, 0.5) is 5.69 Å². The molecule has 53 heavy (non-hydrogen) atoms. The predicted molar refractivity (Wildman–Crippen MR) is 205 cm³/mol. The molecule has 3 N–H and O–H groups in total. The van der Waals surface area contributed by atoms with Gasteiger partial charge >= 0.3 is 0 Å². The number of benzene rings is 2. The fraction of sp³-hybridized carbons (Fsp3) is 0.436. The Labute approximate surface area is 314 Å². The minimum Gasteiger partial charge on any atom is -0.493 e. The molecule has 0 radical (unpaired) electrons. The van der Waals surface area contributed by atoms with Crippen LogP contribution in [-0.2, 0) is 33.8 Å². The number of thioether (sulfide) groups is 1. The van der Waals surface area contributed by atoms with Gasteiger partial charge in [-0.15, -0.1) is 0 Å². The van der Waals surface area contributed by atoms with Gasteiger partial charge in [0.05, 0.1) is 47.3 Å². The van der Waals surface area contributed by atoms with Gasteiger partial charge in [0.25, 0.3) is 0 Å². The second-order valence-corrected chi connectivity index (χ2v) is 13.8. The molecule has 0 aromatic heterocycles. The summed E-state index contributed by atoms with van der Waals surface area (Å²) in [6, 6.07) is 8.44. The summed E-state index contributed by atoms with van der Waals surface area (Å²) in [4.78, 5) is 56.1. The molecule has 3 atom stereocenters. The lowest BCUT2D eigenvalue weighted by atomic mass is 9.92. The van der Waals surface area contributed by atoms with Crippen LogP contribution >= 0.6 is 11.8 Å². The first-order chi connectivity index (χ1) is 25.5. The maximum absolute atomic E-state index is 14.6. The van der Waals surface area contributed by atoms with Gasteiger partial charge in [0.15, 0.2) is 23.0 Å². The van der Waals surface area contributed by atoms with Crippen molar-refractivity contribution in [2.24, 2.45) is 0 Å². The molecule has 0 spiro atoms. The van der Waals surface area contributed by atoms with Crippen molar-refractivity contribution in [1.29, 1.82) is 0 Å². The van der Waals surface area contributed by atoms with Crippen LogP contribution in [0.1, 0.15) is 48.1 Å². The van der Waals surface area contributed by atoms with Crippen molar-refractivity contribution in [1.82, 2.24) is 15.5 Å². The molecule has 0 fully saturated rings. The minimum absolute atomic E-state index is 0.158. The Kier molecular flexibility index (Phi) is 12.7. The highest BCUT2D eigenvalue weighted by atomic mass is 32.2. The maximum atomic E-state index is 14.6. The second kappa shape index (κ2) is 17.1. The zero-order chi connectivity index (χ0) is 38.4. The van der Waals surface area contributed by atoms with Crippen LogP contribution in [0, 0.1) is 0 Å². The van der Waals surface area contributed by atoms with Crippen molar-refractivity contribution < 1.29 is 38.1 Å². The summed E-state index contributed by atoms with van der Waals surface area (Å²) in [6.07, 6.45) is 3.67. The monoisotopic (exact) mass is 748 g/mol. The van der Waals surface area contributed by atoms with E-state index in [1.807, 2.05) is 30.5 Å². The standard InChI is InChI=1S/C39H48N4O9S/c1-21(44)41-27-11-9-22-16-34(50-5)36(51-6)37(52-7)35(22)25-10-12-28(31(45)19-26(25)27)42-29(13-14-53-8)39(47)43-20-24-18-33(49-4)32(48-3)17-23(24)15-30(43)38(46)40-2/h10,12,16-19,27,29-30H,9,11,13-15,20H2,1-8H3,(H,40,46)(H,41,44)(H,42,45). The van der Waals surface area contributed by atoms with Crippen LogP contribution in [0.2, 0.25) is 0 Å². The first-order valence-corrected chi connectivity index (χ1v) is 18.7. The summed E-state index contributed by atoms with van der Waals surface area (Å²) in [7, 11) is 9.27. The smallest absolute Gasteiger partial charge is 0.246 e. The Morgan fingerprint density at radius 1 is 0.887 bits per heavy atom. The van der Waals surface area contributed by atoms with Gasteiger partial charge in [-0.25, -0.2) is 0 Å². The van der Waals surface area contributed by atoms with E-state index in [0.717, 1.165) is 22.3 Å². The van der Waals surface area contributed by atoms with Crippen LogP contribution in [-0.4, -0.2) is 89.3 Å². The third-order valence-corrected chi connectivity index (χ3v) is 10.5. The van der Waals surface area contributed by atoms with E-state index in [0.29, 0.717) is 64.9 Å². The van der Waals surface area contributed by atoms with Gasteiger partial charge in [-0.3, -0.25) is 19.2 Å². The summed E-state index contributed by atoms with van der Waals surface area (Å²) in [5.74, 6) is 2.16. The lowest BCUT2D eigenvalue weighted by Crippen LogP contribution is -2.55. The molecule has 3 amide bonds. The molecule has 13 nitrogen and oxygen atoms in total. The molecule has 3 aromatic rings. The van der Waals surface area contributed by atoms with E-state index in [1.54, 1.807) is 58.2 Å². The van der Waals surface area contributed by atoms with Crippen molar-refractivity contribution in [3.63, 3.8) is 0 Å². The van der Waals surface area contributed by atoms with Crippen LogP contribution < -0.4 is 45.1 Å². The van der Waals surface area contributed by atoms with Crippen molar-refractivity contribution in [3.05, 3.63) is 68.9 Å². The van der Waals surface area contributed by atoms with Gasteiger partial charge in [-0.2, -0.15) is 11.8 Å². The van der Waals surface area contributed by atoms with Crippen LogP contribution in [0.15, 0.2) is 41.2 Å². The van der Waals surface area contributed by atoms with E-state index < -0.39 is 18.1 Å². The van der Waals surface area contributed by atoms with E-state index in [2.05, 4.69) is 16.0 Å². The molecular formula is C39H48N4O9S. The van der Waals surface area contributed by atoms with E-state index in [-0.39, 0.29) is 41.8 Å². The Morgan fingerprint density at radius 3 is 2.15 bits per heavy atom. The maximum Gasteiger partial charge on any atom is 0.246 e. The normalized spacial score (nSPS) is 16.4. The fourth-order valence-electron chi connectivity index (χ4n) is 7.25. The highest BCUT2D eigenvalue weighted by Gasteiger charge is 2.38. The lowest BCUT2D eigenvalue weighted by molar-refractivity contribution is -0.142. The zero-order valence-corrected chi connectivity index (χ0v) is 32.3. The number of rotatable bonds is 13. The van der Waals surface area contributed by atoms with Crippen LogP contribution in [0.5, 0.6) is 28.7 Å². The molecule has 14 heteroatoms. The molecule has 0 bridgehead atoms. The zero-order valence-electron chi connectivity index (χ0n) is 31.5. The number of aryl methyl sites for hydroxylation is 1. The first kappa shape index (κ1) is 39.1. The van der Waals surface area contributed by atoms with Gasteiger partial charge in [0.1, 0.15) is 12.1 Å². The lowest BCUT2D eigenvalue weighted by Gasteiger charge is -2.38. The Bertz CT molecular complexity index is 1940. The van der Waals surface area contributed by atoms with Crippen molar-refractivity contribution in [2.75, 3.05) is 59.9 Å². The molecule has 284 valence electrons. The van der Waals surface area contributed by atoms with Crippen LogP contribution in [0.25, 0.3) is 11.1 Å². The number of carbonyl (C=O) groups excluding carboxylic acids is 3. The number of likely N-dealkylation sites (N-methyl/N-ethyl adjacent to an activating group) is 1. The Hall–Kier alpha value is -5.11. The largest absolute Gasteiger partial charge is 0.493 e. The summed E-state index contributed by atoms with van der Waals surface area (Å²) in [6.45, 7) is 1.60. The highest BCUT2D eigenvalue weighted by Crippen LogP contribution is 2.50. The molecule has 1 heterocycles. The number of nitrogens with zero attached hydrogens (tertiary/aromatic N) is 1. The average molecular weight is 749 g/mol. The van der Waals surface area contributed by atoms with E-state index in [9.17, 15) is 19.2 Å². The number of fused-ring (bicyclic) bond motifs is 4.